The summed E-state index contributed by atoms with van der Waals surface area (Å²) in [6.07, 6.45) is 1.12. The van der Waals surface area contributed by atoms with E-state index in [1.54, 1.807) is 25.3 Å². The van der Waals surface area contributed by atoms with E-state index >= 15 is 0 Å². The molecule has 2 rings (SSSR count). The highest BCUT2D eigenvalue weighted by Crippen LogP contribution is 2.31. The van der Waals surface area contributed by atoms with Crippen LogP contribution in [0.3, 0.4) is 0 Å². The first-order chi connectivity index (χ1) is 8.41. The summed E-state index contributed by atoms with van der Waals surface area (Å²) in [4.78, 5) is 14.3. The van der Waals surface area contributed by atoms with Crippen molar-refractivity contribution in [1.29, 1.82) is 0 Å². The lowest BCUT2D eigenvalue weighted by atomic mass is 9.96. The highest BCUT2D eigenvalue weighted by Gasteiger charge is 2.16. The first-order valence-electron chi connectivity index (χ1n) is 5.98. The van der Waals surface area contributed by atoms with Crippen LogP contribution in [0.15, 0.2) is 18.3 Å². The maximum atomic E-state index is 11.1. The Balaban J connectivity index is 2.79. The Morgan fingerprint density at radius 1 is 1.22 bits per heavy atom. The van der Waals surface area contributed by atoms with Crippen molar-refractivity contribution in [3.63, 3.8) is 0 Å². The molecular weight excluding hydrogens is 230 g/mol. The molecule has 0 saturated heterocycles. The molecule has 0 fully saturated rings. The highest BCUT2D eigenvalue weighted by molar-refractivity contribution is 5.96. The summed E-state index contributed by atoms with van der Waals surface area (Å²) in [7, 11) is 0. The zero-order valence-corrected chi connectivity index (χ0v) is 10.7. The zero-order chi connectivity index (χ0) is 13.4. The van der Waals surface area contributed by atoms with E-state index in [1.807, 2.05) is 13.8 Å². The van der Waals surface area contributed by atoms with Gasteiger partial charge >= 0.3 is 5.97 Å². The minimum absolute atomic E-state index is 0.215. The van der Waals surface area contributed by atoms with Crippen molar-refractivity contribution in [3.8, 4) is 0 Å². The van der Waals surface area contributed by atoms with Crippen LogP contribution in [0.25, 0.3) is 10.9 Å². The average molecular weight is 247 g/mol. The number of hydrogen-bond acceptors (Lipinski definition) is 2. The molecule has 0 radical (unpaired) electrons. The van der Waals surface area contributed by atoms with Crippen LogP contribution < -0.4 is 0 Å². The fourth-order valence-corrected chi connectivity index (χ4v) is 2.21. The molecular formula is C14H17NO3. The second-order valence-electron chi connectivity index (χ2n) is 4.87. The number of aliphatic hydroxyl groups excluding tert-OH is 1. The molecule has 3 N–H and O–H groups in total. The number of aromatic amines is 1. The average Bonchev–Trinajstić information content (AvgIpc) is 2.70. The number of aliphatic hydroxyl groups is 1. The van der Waals surface area contributed by atoms with Crippen LogP contribution in [-0.4, -0.2) is 21.2 Å². The molecule has 0 amide bonds. The molecule has 18 heavy (non-hydrogen) atoms. The molecule has 1 heterocycles. The zero-order valence-electron chi connectivity index (χ0n) is 10.7. The minimum atomic E-state index is -0.948. The molecule has 0 bridgehead atoms. The third kappa shape index (κ3) is 1.99. The van der Waals surface area contributed by atoms with Crippen LogP contribution >= 0.6 is 0 Å². The van der Waals surface area contributed by atoms with E-state index in [2.05, 4.69) is 4.98 Å². The molecule has 0 aliphatic carbocycles. The summed E-state index contributed by atoms with van der Waals surface area (Å²) in [5.41, 5.74) is 2.85. The largest absolute Gasteiger partial charge is 0.478 e. The van der Waals surface area contributed by atoms with Crippen LogP contribution in [0, 0.1) is 0 Å². The topological polar surface area (TPSA) is 73.3 Å². The lowest BCUT2D eigenvalue weighted by molar-refractivity contribution is 0.0697. The summed E-state index contributed by atoms with van der Waals surface area (Å²) in [6.45, 7) is 5.71. The van der Waals surface area contributed by atoms with Crippen molar-refractivity contribution in [1.82, 2.24) is 4.98 Å². The maximum absolute atomic E-state index is 11.1. The van der Waals surface area contributed by atoms with Crippen molar-refractivity contribution in [2.45, 2.75) is 32.8 Å². The number of carbonyl (C=O) groups is 1. The Bertz CT molecular complexity index is 596. The molecule has 1 aromatic carbocycles. The molecule has 4 heteroatoms. The molecule has 4 nitrogen and oxygen atoms in total. The van der Waals surface area contributed by atoms with Gasteiger partial charge in [-0.1, -0.05) is 13.8 Å². The van der Waals surface area contributed by atoms with Crippen LogP contribution in [0.1, 0.15) is 54.3 Å². The van der Waals surface area contributed by atoms with Gasteiger partial charge in [-0.25, -0.2) is 4.79 Å². The van der Waals surface area contributed by atoms with Gasteiger partial charge in [-0.15, -0.1) is 0 Å². The van der Waals surface area contributed by atoms with Crippen LogP contribution in [0.4, 0.5) is 0 Å². The van der Waals surface area contributed by atoms with Gasteiger partial charge < -0.3 is 15.2 Å². The monoisotopic (exact) mass is 247 g/mol. The molecule has 2 aromatic rings. The van der Waals surface area contributed by atoms with E-state index < -0.39 is 12.1 Å². The number of benzene rings is 1. The number of H-pyrrole nitrogens is 1. The highest BCUT2D eigenvalue weighted by atomic mass is 16.4. The first kappa shape index (κ1) is 12.6. The van der Waals surface area contributed by atoms with Gasteiger partial charge in [-0.05, 0) is 30.5 Å². The smallest absolute Gasteiger partial charge is 0.335 e. The quantitative estimate of drug-likeness (QED) is 0.780. The van der Waals surface area contributed by atoms with Crippen molar-refractivity contribution < 1.29 is 15.0 Å². The Morgan fingerprint density at radius 3 is 2.39 bits per heavy atom. The van der Waals surface area contributed by atoms with Crippen molar-refractivity contribution >= 4 is 16.9 Å². The Morgan fingerprint density at radius 2 is 1.89 bits per heavy atom. The summed E-state index contributed by atoms with van der Waals surface area (Å²) in [6, 6.07) is 3.31. The van der Waals surface area contributed by atoms with E-state index in [0.717, 1.165) is 22.0 Å². The summed E-state index contributed by atoms with van der Waals surface area (Å²) < 4.78 is 0. The fraction of sp³-hybridized carbons (Fsp3) is 0.357. The number of aromatic nitrogens is 1. The van der Waals surface area contributed by atoms with Crippen molar-refractivity contribution in [2.75, 3.05) is 0 Å². The van der Waals surface area contributed by atoms with E-state index in [4.69, 9.17) is 5.11 Å². The third-order valence-corrected chi connectivity index (χ3v) is 3.17. The molecule has 0 aliphatic heterocycles. The molecule has 0 aliphatic rings. The van der Waals surface area contributed by atoms with Crippen LogP contribution in [0.2, 0.25) is 0 Å². The van der Waals surface area contributed by atoms with Gasteiger partial charge in [0.1, 0.15) is 0 Å². The Labute approximate surface area is 105 Å². The molecule has 1 aromatic heterocycles. The number of nitrogens with one attached hydrogen (secondary N) is 1. The second kappa shape index (κ2) is 4.46. The van der Waals surface area contributed by atoms with Gasteiger partial charge in [-0.2, -0.15) is 0 Å². The standard InChI is InChI=1S/C14H17NO3/c1-7(2)10-4-9(14(17)18)5-11-12(8(3)16)6-15-13(10)11/h4-8,15-16H,1-3H3,(H,17,18). The van der Waals surface area contributed by atoms with Crippen LogP contribution in [0.5, 0.6) is 0 Å². The SMILES string of the molecule is CC(C)c1cc(C(=O)O)cc2c(C(C)O)c[nH]c12. The van der Waals surface area contributed by atoms with Crippen molar-refractivity contribution in [3.05, 3.63) is 35.0 Å². The van der Waals surface area contributed by atoms with E-state index in [0.29, 0.717) is 0 Å². The third-order valence-electron chi connectivity index (χ3n) is 3.17. The van der Waals surface area contributed by atoms with Gasteiger partial charge in [0.25, 0.3) is 0 Å². The molecule has 0 spiro atoms. The normalized spacial score (nSPS) is 13.2. The predicted octanol–water partition coefficient (Wildman–Crippen LogP) is 3.04. The lowest BCUT2D eigenvalue weighted by Crippen LogP contribution is -2.00. The van der Waals surface area contributed by atoms with E-state index in [-0.39, 0.29) is 11.5 Å². The molecule has 96 valence electrons. The number of hydrogen-bond donors (Lipinski definition) is 3. The van der Waals surface area contributed by atoms with Gasteiger partial charge in [0.05, 0.1) is 11.7 Å². The lowest BCUT2D eigenvalue weighted by Gasteiger charge is -2.10. The summed E-state index contributed by atoms with van der Waals surface area (Å²) in [5, 5.41) is 19.6. The van der Waals surface area contributed by atoms with Gasteiger partial charge in [0, 0.05) is 22.7 Å². The molecule has 1 unspecified atom stereocenters. The number of carboxylic acid groups (broad SMARTS) is 1. The van der Waals surface area contributed by atoms with Crippen LogP contribution in [-0.2, 0) is 0 Å². The van der Waals surface area contributed by atoms with Gasteiger partial charge in [-0.3, -0.25) is 0 Å². The number of carboxylic acids is 1. The predicted molar refractivity (Wildman–Crippen MR) is 70.0 cm³/mol. The van der Waals surface area contributed by atoms with Gasteiger partial charge in [0.2, 0.25) is 0 Å². The van der Waals surface area contributed by atoms with E-state index in [1.165, 1.54) is 0 Å². The maximum Gasteiger partial charge on any atom is 0.335 e. The number of aromatic carboxylic acids is 1. The second-order valence-corrected chi connectivity index (χ2v) is 4.87. The molecule has 1 atom stereocenters. The van der Waals surface area contributed by atoms with Gasteiger partial charge in [0.15, 0.2) is 0 Å². The minimum Gasteiger partial charge on any atom is -0.478 e. The Hall–Kier alpha value is -1.81. The van der Waals surface area contributed by atoms with E-state index in [9.17, 15) is 9.90 Å². The van der Waals surface area contributed by atoms with Crippen molar-refractivity contribution in [2.24, 2.45) is 0 Å². The first-order valence-corrected chi connectivity index (χ1v) is 5.98. The Kier molecular flexibility index (Phi) is 3.13. The molecule has 0 saturated carbocycles. The summed E-state index contributed by atoms with van der Waals surface area (Å²) >= 11 is 0. The number of rotatable bonds is 3. The summed E-state index contributed by atoms with van der Waals surface area (Å²) in [5.74, 6) is -0.733. The fourth-order valence-electron chi connectivity index (χ4n) is 2.21. The number of fused-ring (bicyclic) bond motifs is 1.